The zero-order valence-electron chi connectivity index (χ0n) is 19.8. The highest BCUT2D eigenvalue weighted by molar-refractivity contribution is 7.59. The molecule has 1 aliphatic heterocycles. The molecule has 3 aromatic heterocycles. The Labute approximate surface area is 208 Å². The lowest BCUT2D eigenvalue weighted by Crippen LogP contribution is -2.49. The van der Waals surface area contributed by atoms with Gasteiger partial charge in [-0.25, -0.2) is 4.98 Å². The number of halogens is 3. The van der Waals surface area contributed by atoms with Crippen LogP contribution in [0, 0.1) is 12.8 Å². The van der Waals surface area contributed by atoms with Crippen molar-refractivity contribution in [2.45, 2.75) is 46.1 Å². The molecular weight excluding hydrogens is 479 g/mol. The predicted octanol–water partition coefficient (Wildman–Crippen LogP) is 4.19. The number of nitrogens with one attached hydrogen (secondary N) is 2. The van der Waals surface area contributed by atoms with E-state index in [-0.39, 0.29) is 31.4 Å². The summed E-state index contributed by atoms with van der Waals surface area (Å²) in [6, 6.07) is 4.01. The molecule has 35 heavy (non-hydrogen) atoms. The average molecular weight is 508 g/mol. The Balaban J connectivity index is 0.00000342. The van der Waals surface area contributed by atoms with Gasteiger partial charge in [-0.3, -0.25) is 14.5 Å². The van der Waals surface area contributed by atoms with Gasteiger partial charge in [-0.1, -0.05) is 19.9 Å². The third-order valence-corrected chi connectivity index (χ3v) is 5.75. The number of anilines is 3. The molecule has 8 nitrogen and oxygen atoms in total. The summed E-state index contributed by atoms with van der Waals surface area (Å²) < 4.78 is 39.7. The second kappa shape index (κ2) is 10.1. The number of aromatic nitrogens is 4. The highest BCUT2D eigenvalue weighted by Gasteiger charge is 2.34. The van der Waals surface area contributed by atoms with Gasteiger partial charge in [-0.2, -0.15) is 31.8 Å². The number of likely N-dealkylation sites (N-methyl/N-ethyl adjacent to an activating group) is 1. The first-order valence-corrected chi connectivity index (χ1v) is 10.9. The number of carbonyl (C=O) groups excluding carboxylic acids is 1. The summed E-state index contributed by atoms with van der Waals surface area (Å²) in [7, 11) is 1.91. The van der Waals surface area contributed by atoms with E-state index in [1.165, 1.54) is 12.3 Å². The fraction of sp³-hybridized carbons (Fsp3) is 0.391. The van der Waals surface area contributed by atoms with Crippen LogP contribution in [0.4, 0.5) is 30.4 Å². The average Bonchev–Trinajstić information content (AvgIpc) is 3.20. The van der Waals surface area contributed by atoms with Crippen molar-refractivity contribution < 1.29 is 18.0 Å². The molecule has 0 aliphatic carbocycles. The number of carbonyl (C=O) groups is 1. The van der Waals surface area contributed by atoms with Crippen LogP contribution < -0.4 is 15.5 Å². The van der Waals surface area contributed by atoms with Crippen molar-refractivity contribution in [2.75, 3.05) is 22.6 Å². The molecule has 0 unspecified atom stereocenters. The Bertz CT molecular complexity index is 1190. The van der Waals surface area contributed by atoms with Crippen molar-refractivity contribution in [1.82, 2.24) is 19.7 Å². The number of fused-ring (bicyclic) bond motifs is 1. The first-order chi connectivity index (χ1) is 16.0. The van der Waals surface area contributed by atoms with Crippen molar-refractivity contribution in [2.24, 2.45) is 5.92 Å². The van der Waals surface area contributed by atoms with Gasteiger partial charge in [-0.15, -0.1) is 0 Å². The number of hydrogen-bond donors (Lipinski definition) is 2. The monoisotopic (exact) mass is 507 g/mol. The lowest BCUT2D eigenvalue weighted by Gasteiger charge is -2.38. The Morgan fingerprint density at radius 2 is 1.94 bits per heavy atom. The molecule has 0 spiro atoms. The van der Waals surface area contributed by atoms with E-state index in [0.29, 0.717) is 35.9 Å². The van der Waals surface area contributed by atoms with Crippen LogP contribution >= 0.6 is 13.5 Å². The zero-order valence-corrected chi connectivity index (χ0v) is 20.8. The van der Waals surface area contributed by atoms with Gasteiger partial charge in [0.2, 0.25) is 5.91 Å². The van der Waals surface area contributed by atoms with E-state index in [2.05, 4.69) is 25.7 Å². The van der Waals surface area contributed by atoms with Crippen LogP contribution in [0.3, 0.4) is 0 Å². The molecule has 188 valence electrons. The number of pyridine rings is 2. The second-order valence-corrected chi connectivity index (χ2v) is 8.73. The van der Waals surface area contributed by atoms with Gasteiger partial charge in [0.1, 0.15) is 17.6 Å². The summed E-state index contributed by atoms with van der Waals surface area (Å²) in [5.74, 6) is 0.779. The van der Waals surface area contributed by atoms with Crippen LogP contribution in [-0.2, 0) is 24.1 Å². The second-order valence-electron chi connectivity index (χ2n) is 8.73. The molecule has 0 saturated carbocycles. The Morgan fingerprint density at radius 1 is 1.20 bits per heavy atom. The van der Waals surface area contributed by atoms with Gasteiger partial charge in [0.15, 0.2) is 0 Å². The first kappa shape index (κ1) is 26.3. The molecule has 3 aromatic rings. The molecule has 2 N–H and O–H groups in total. The summed E-state index contributed by atoms with van der Waals surface area (Å²) in [5, 5.41) is 10.5. The van der Waals surface area contributed by atoms with Gasteiger partial charge in [-0.05, 0) is 24.5 Å². The molecule has 4 rings (SSSR count). The molecule has 0 saturated heterocycles. The summed E-state index contributed by atoms with van der Waals surface area (Å²) in [6.45, 7) is 6.64. The summed E-state index contributed by atoms with van der Waals surface area (Å²) in [6.07, 6.45) is 0.262. The smallest absolute Gasteiger partial charge is 0.366 e. The zero-order chi connectivity index (χ0) is 24.6. The van der Waals surface area contributed by atoms with Crippen LogP contribution in [0.2, 0.25) is 0 Å². The number of rotatable bonds is 6. The topological polar surface area (TPSA) is 88.0 Å². The Kier molecular flexibility index (Phi) is 7.63. The van der Waals surface area contributed by atoms with Gasteiger partial charge < -0.3 is 15.5 Å². The van der Waals surface area contributed by atoms with Gasteiger partial charge in [0, 0.05) is 37.6 Å². The third-order valence-electron chi connectivity index (χ3n) is 5.75. The molecule has 12 heteroatoms. The van der Waals surface area contributed by atoms with E-state index in [9.17, 15) is 18.0 Å². The van der Waals surface area contributed by atoms with Crippen molar-refractivity contribution in [3.8, 4) is 0 Å². The molecule has 0 radical (unpaired) electrons. The first-order valence-electron chi connectivity index (χ1n) is 10.9. The van der Waals surface area contributed by atoms with Crippen LogP contribution in [-0.4, -0.2) is 38.7 Å². The number of aryl methyl sites for hydroxylation is 1. The van der Waals surface area contributed by atoms with E-state index in [4.69, 9.17) is 0 Å². The minimum atomic E-state index is -4.46. The third kappa shape index (κ3) is 5.69. The van der Waals surface area contributed by atoms with Crippen LogP contribution in [0.15, 0.2) is 36.8 Å². The minimum Gasteiger partial charge on any atom is -0.366 e. The molecular formula is C23H28F3N7OS. The molecule has 1 amide bonds. The SMILES string of the molecule is Cc1nc(NCc2cnn(Cc3ccc(C(F)(F)F)nc3)c2)cc2c1NC(=O)[C@H](C(C)C)N2C.S. The molecule has 1 atom stereocenters. The maximum absolute atomic E-state index is 12.7. The lowest BCUT2D eigenvalue weighted by atomic mass is 9.98. The number of hydrogen-bond acceptors (Lipinski definition) is 6. The van der Waals surface area contributed by atoms with Crippen molar-refractivity contribution >= 4 is 36.6 Å². The van der Waals surface area contributed by atoms with Crippen LogP contribution in [0.5, 0.6) is 0 Å². The maximum Gasteiger partial charge on any atom is 0.433 e. The highest BCUT2D eigenvalue weighted by atomic mass is 32.1. The minimum absolute atomic E-state index is 0. The van der Waals surface area contributed by atoms with E-state index in [1.807, 2.05) is 45.0 Å². The van der Waals surface area contributed by atoms with E-state index in [0.717, 1.165) is 17.3 Å². The summed E-state index contributed by atoms with van der Waals surface area (Å²) in [4.78, 5) is 22.5. The Hall–Kier alpha value is -3.28. The largest absolute Gasteiger partial charge is 0.433 e. The van der Waals surface area contributed by atoms with Gasteiger partial charge in [0.05, 0.1) is 29.8 Å². The van der Waals surface area contributed by atoms with E-state index >= 15 is 0 Å². The fourth-order valence-corrected chi connectivity index (χ4v) is 4.10. The van der Waals surface area contributed by atoms with E-state index < -0.39 is 11.9 Å². The van der Waals surface area contributed by atoms with Crippen molar-refractivity contribution in [1.29, 1.82) is 0 Å². The summed E-state index contributed by atoms with van der Waals surface area (Å²) in [5.41, 5.74) is 2.92. The van der Waals surface area contributed by atoms with E-state index in [1.54, 1.807) is 10.9 Å². The van der Waals surface area contributed by atoms with Crippen molar-refractivity contribution in [3.63, 3.8) is 0 Å². The molecule has 0 fully saturated rings. The quantitative estimate of drug-likeness (QED) is 0.520. The van der Waals surface area contributed by atoms with Crippen LogP contribution in [0.1, 0.15) is 36.4 Å². The number of amides is 1. The van der Waals surface area contributed by atoms with Crippen molar-refractivity contribution in [3.05, 3.63) is 59.3 Å². The normalized spacial score (nSPS) is 15.5. The number of nitrogens with zero attached hydrogens (tertiary/aromatic N) is 5. The lowest BCUT2D eigenvalue weighted by molar-refractivity contribution is -0.141. The highest BCUT2D eigenvalue weighted by Crippen LogP contribution is 2.36. The predicted molar refractivity (Wildman–Crippen MR) is 133 cm³/mol. The van der Waals surface area contributed by atoms with Crippen LogP contribution in [0.25, 0.3) is 0 Å². The molecule has 0 bridgehead atoms. The van der Waals surface area contributed by atoms with Gasteiger partial charge >= 0.3 is 6.18 Å². The maximum atomic E-state index is 12.7. The van der Waals surface area contributed by atoms with Gasteiger partial charge in [0.25, 0.3) is 0 Å². The fourth-order valence-electron chi connectivity index (χ4n) is 4.10. The standard InChI is InChI=1S/C23H26F3N7O.H2S/c1-13(2)21-22(34)31-20-14(3)30-19(7-17(20)32(21)4)28-9-16-10-29-33(12-16)11-15-5-6-18(27-8-15)23(24,25)26;/h5-8,10,12-13,21H,9,11H2,1-4H3,(H,28,30)(H,31,34);1H2/t21-;/m0./s1. The number of alkyl halides is 3. The molecule has 4 heterocycles. The Morgan fingerprint density at radius 3 is 2.57 bits per heavy atom. The molecule has 1 aliphatic rings. The molecule has 0 aromatic carbocycles. The summed E-state index contributed by atoms with van der Waals surface area (Å²) >= 11 is 0.